The van der Waals surface area contributed by atoms with Crippen molar-refractivity contribution in [3.05, 3.63) is 125 Å². The highest BCUT2D eigenvalue weighted by Gasteiger charge is 2.61. The van der Waals surface area contributed by atoms with Crippen LogP contribution in [-0.4, -0.2) is 0 Å². The first-order valence-electron chi connectivity index (χ1n) is 19.5. The predicted molar refractivity (Wildman–Crippen MR) is 214 cm³/mol. The topological polar surface area (TPSA) is 12.5 Å². The van der Waals surface area contributed by atoms with Gasteiger partial charge in [0.2, 0.25) is 0 Å². The monoisotopic (exact) mass is 685 g/mol. The number of nitrogens with zero attached hydrogens (tertiary/aromatic N) is 1. The average molecular weight is 686 g/mol. The van der Waals surface area contributed by atoms with Crippen molar-refractivity contribution in [1.82, 2.24) is 0 Å². The van der Waals surface area contributed by atoms with Gasteiger partial charge in [0.15, 0.2) is 0 Å². The first-order valence-corrected chi connectivity index (χ1v) is 20.3. The molecule has 6 aromatic rings. The van der Waals surface area contributed by atoms with Crippen LogP contribution < -0.4 is 9.64 Å². The van der Waals surface area contributed by atoms with Crippen LogP contribution in [0.5, 0.6) is 11.5 Å². The van der Waals surface area contributed by atoms with Crippen molar-refractivity contribution in [2.24, 2.45) is 23.7 Å². The van der Waals surface area contributed by atoms with Crippen molar-refractivity contribution >= 4 is 48.6 Å². The lowest BCUT2D eigenvalue weighted by molar-refractivity contribution is -0.0452. The summed E-state index contributed by atoms with van der Waals surface area (Å²) in [5.41, 5.74) is 9.87. The summed E-state index contributed by atoms with van der Waals surface area (Å²) in [6.45, 7) is 9.75. The zero-order valence-corrected chi connectivity index (χ0v) is 31.2. The molecular formula is C48H47NOS. The lowest BCUT2D eigenvalue weighted by Crippen LogP contribution is -2.57. The molecule has 12 rings (SSSR count). The second-order valence-corrected chi connectivity index (χ2v) is 19.1. The molecule has 4 bridgehead atoms. The van der Waals surface area contributed by atoms with Crippen LogP contribution in [-0.2, 0) is 16.2 Å². The Morgan fingerprint density at radius 2 is 1.12 bits per heavy atom. The van der Waals surface area contributed by atoms with Gasteiger partial charge in [0.05, 0.1) is 0 Å². The molecular weight excluding hydrogens is 639 g/mol. The minimum Gasteiger partial charge on any atom is -0.457 e. The van der Waals surface area contributed by atoms with E-state index in [0.29, 0.717) is 11.8 Å². The summed E-state index contributed by atoms with van der Waals surface area (Å²) in [4.78, 5) is 2.56. The van der Waals surface area contributed by atoms with Crippen molar-refractivity contribution in [3.63, 3.8) is 0 Å². The summed E-state index contributed by atoms with van der Waals surface area (Å²) in [7, 11) is 0. The molecule has 4 saturated carbocycles. The number of ether oxygens (including phenoxy) is 1. The largest absolute Gasteiger partial charge is 0.457 e. The van der Waals surface area contributed by atoms with Gasteiger partial charge in [0.1, 0.15) is 11.5 Å². The molecule has 0 atom stereocenters. The summed E-state index contributed by atoms with van der Waals surface area (Å²) < 4.78 is 9.55. The fourth-order valence-electron chi connectivity index (χ4n) is 12.1. The van der Waals surface area contributed by atoms with Gasteiger partial charge in [-0.2, -0.15) is 0 Å². The summed E-state index contributed by atoms with van der Waals surface area (Å²) >= 11 is 1.90. The summed E-state index contributed by atoms with van der Waals surface area (Å²) in [6.07, 6.45) is 9.28. The molecule has 0 amide bonds. The standard InChI is InChI=1S/C48H47NOS/c1-46(2)19-20-47(3,4)40-27-34(13-16-38(40)46)49(33-15-18-45-37(26-33)36-9-5-8-12-44(36)51-45)35-14-17-43-41(28-35)48(39-10-6-7-11-42(39)50-43)31-22-29-21-30(24-31)25-32(48)23-29/h5-18,26-32H,19-25H2,1-4H3. The van der Waals surface area contributed by atoms with Crippen LogP contribution in [0.3, 0.4) is 0 Å². The molecule has 5 aromatic carbocycles. The van der Waals surface area contributed by atoms with Crippen LogP contribution in [0.1, 0.15) is 94.9 Å². The number of benzene rings is 5. The molecule has 0 unspecified atom stereocenters. The maximum Gasteiger partial charge on any atom is 0.131 e. The Kier molecular flexibility index (Phi) is 6.29. The summed E-state index contributed by atoms with van der Waals surface area (Å²) in [5, 5.41) is 2.68. The van der Waals surface area contributed by atoms with Crippen LogP contribution in [0, 0.1) is 23.7 Å². The third-order valence-electron chi connectivity index (χ3n) is 14.4. The third-order valence-corrected chi connectivity index (χ3v) is 15.5. The number of hydrogen-bond acceptors (Lipinski definition) is 3. The normalized spacial score (nSPS) is 27.6. The molecule has 1 spiro atoms. The highest BCUT2D eigenvalue weighted by molar-refractivity contribution is 7.25. The first-order chi connectivity index (χ1) is 24.7. The molecule has 4 fully saturated rings. The maximum atomic E-state index is 6.86. The summed E-state index contributed by atoms with van der Waals surface area (Å²) in [6, 6.07) is 39.7. The van der Waals surface area contributed by atoms with Crippen LogP contribution in [0.4, 0.5) is 17.1 Å². The number of rotatable bonds is 3. The predicted octanol–water partition coefficient (Wildman–Crippen LogP) is 13.7. The third kappa shape index (κ3) is 4.28. The van der Waals surface area contributed by atoms with E-state index >= 15 is 0 Å². The molecule has 0 saturated heterocycles. The minimum absolute atomic E-state index is 0.00859. The van der Waals surface area contributed by atoms with E-state index in [1.165, 1.54) is 104 Å². The highest BCUT2D eigenvalue weighted by Crippen LogP contribution is 2.69. The van der Waals surface area contributed by atoms with E-state index in [0.717, 1.165) is 23.3 Å². The Balaban J connectivity index is 1.15. The van der Waals surface area contributed by atoms with Gasteiger partial charge < -0.3 is 9.64 Å². The van der Waals surface area contributed by atoms with Gasteiger partial charge in [-0.3, -0.25) is 0 Å². The quantitative estimate of drug-likeness (QED) is 0.184. The Morgan fingerprint density at radius 1 is 0.529 bits per heavy atom. The van der Waals surface area contributed by atoms with Gasteiger partial charge >= 0.3 is 0 Å². The van der Waals surface area contributed by atoms with Crippen molar-refractivity contribution in [2.45, 2.75) is 88.9 Å². The van der Waals surface area contributed by atoms with Crippen LogP contribution in [0.2, 0.25) is 0 Å². The Hall–Kier alpha value is -4.08. The molecule has 6 aliphatic rings. The van der Waals surface area contributed by atoms with Gasteiger partial charge in [-0.15, -0.1) is 11.3 Å². The Bertz CT molecular complexity index is 2370. The van der Waals surface area contributed by atoms with Crippen LogP contribution in [0.15, 0.2) is 103 Å². The molecule has 1 aliphatic heterocycles. The fraction of sp³-hybridized carbons (Fsp3) is 0.375. The smallest absolute Gasteiger partial charge is 0.131 e. The van der Waals surface area contributed by atoms with E-state index in [4.69, 9.17) is 4.74 Å². The second kappa shape index (κ2) is 10.5. The van der Waals surface area contributed by atoms with E-state index in [1.807, 2.05) is 11.3 Å². The van der Waals surface area contributed by atoms with E-state index in [9.17, 15) is 0 Å². The Morgan fingerprint density at radius 3 is 1.90 bits per heavy atom. The number of thiophene rings is 1. The lowest BCUT2D eigenvalue weighted by Gasteiger charge is -2.63. The van der Waals surface area contributed by atoms with E-state index in [2.05, 4.69) is 136 Å². The highest BCUT2D eigenvalue weighted by atomic mass is 32.1. The van der Waals surface area contributed by atoms with Crippen molar-refractivity contribution in [3.8, 4) is 11.5 Å². The molecule has 0 radical (unpaired) electrons. The lowest BCUT2D eigenvalue weighted by atomic mass is 9.42. The molecule has 1 aromatic heterocycles. The first kappa shape index (κ1) is 30.5. The maximum absolute atomic E-state index is 6.86. The van der Waals surface area contributed by atoms with Gasteiger partial charge in [-0.05, 0) is 151 Å². The zero-order valence-electron chi connectivity index (χ0n) is 30.3. The van der Waals surface area contributed by atoms with Gasteiger partial charge in [0.25, 0.3) is 0 Å². The van der Waals surface area contributed by atoms with Gasteiger partial charge in [-0.25, -0.2) is 0 Å². The number of fused-ring (bicyclic) bond motifs is 6. The molecule has 2 heterocycles. The van der Waals surface area contributed by atoms with Crippen LogP contribution in [0.25, 0.3) is 20.2 Å². The average Bonchev–Trinajstić information content (AvgIpc) is 3.50. The Labute approximate surface area is 306 Å². The van der Waals surface area contributed by atoms with E-state index in [-0.39, 0.29) is 16.2 Å². The minimum atomic E-state index is 0.00859. The number of para-hydroxylation sites is 1. The van der Waals surface area contributed by atoms with Crippen molar-refractivity contribution in [2.75, 3.05) is 4.90 Å². The summed E-state index contributed by atoms with van der Waals surface area (Å²) in [5.74, 6) is 5.27. The van der Waals surface area contributed by atoms with Crippen LogP contribution >= 0.6 is 11.3 Å². The van der Waals surface area contributed by atoms with E-state index < -0.39 is 0 Å². The SMILES string of the molecule is CC1(C)CCC(C)(C)c2cc(N(c3ccc4c(c3)C3(c5ccccc5O4)C4CC5CC(C4)CC3C5)c3ccc4sc5ccccc5c4c3)ccc21. The molecule has 0 N–H and O–H groups in total. The molecule has 51 heavy (non-hydrogen) atoms. The molecule has 2 nitrogen and oxygen atoms in total. The second-order valence-electron chi connectivity index (χ2n) is 18.1. The number of hydrogen-bond donors (Lipinski definition) is 0. The fourth-order valence-corrected chi connectivity index (χ4v) is 13.1. The molecule has 5 aliphatic carbocycles. The molecule has 256 valence electrons. The molecule has 3 heteroatoms. The van der Waals surface area contributed by atoms with Crippen molar-refractivity contribution < 1.29 is 4.74 Å². The zero-order chi connectivity index (χ0) is 34.3. The van der Waals surface area contributed by atoms with Gasteiger partial charge in [-0.1, -0.05) is 70.2 Å². The van der Waals surface area contributed by atoms with Crippen molar-refractivity contribution in [1.29, 1.82) is 0 Å². The number of anilines is 3. The van der Waals surface area contributed by atoms with E-state index in [1.54, 1.807) is 0 Å². The van der Waals surface area contributed by atoms with Gasteiger partial charge in [0, 0.05) is 53.8 Å².